The third-order valence-corrected chi connectivity index (χ3v) is 4.16. The molecule has 0 aromatic heterocycles. The Morgan fingerprint density at radius 3 is 2.43 bits per heavy atom. The van der Waals surface area contributed by atoms with E-state index >= 15 is 0 Å². The van der Waals surface area contributed by atoms with Gasteiger partial charge in [-0.25, -0.2) is 0 Å². The van der Waals surface area contributed by atoms with Crippen LogP contribution in [0.15, 0.2) is 0 Å². The van der Waals surface area contributed by atoms with E-state index in [-0.39, 0.29) is 21.1 Å². The van der Waals surface area contributed by atoms with Gasteiger partial charge in [-0.3, -0.25) is 6.79 Å². The van der Waals surface area contributed by atoms with Crippen LogP contribution in [0.3, 0.4) is 0 Å². The maximum atomic E-state index is 7.75. The normalized spacial score (nSPS) is 31.1. The van der Waals surface area contributed by atoms with Crippen molar-refractivity contribution in [3.05, 3.63) is 0 Å². The van der Waals surface area contributed by atoms with E-state index in [9.17, 15) is 0 Å². The van der Waals surface area contributed by atoms with Crippen molar-refractivity contribution in [2.75, 3.05) is 6.61 Å². The van der Waals surface area contributed by atoms with Crippen molar-refractivity contribution in [1.29, 1.82) is 0 Å². The van der Waals surface area contributed by atoms with Gasteiger partial charge in [0.2, 0.25) is 0 Å². The summed E-state index contributed by atoms with van der Waals surface area (Å²) in [4.78, 5) is 7.75. The van der Waals surface area contributed by atoms with E-state index in [1.54, 1.807) is 0 Å². The van der Waals surface area contributed by atoms with Gasteiger partial charge in [0, 0.05) is 43.1 Å². The van der Waals surface area contributed by atoms with Crippen molar-refractivity contribution in [3.8, 4) is 0 Å². The Hall–Kier alpha value is 0.535. The van der Waals surface area contributed by atoms with Gasteiger partial charge in [0.1, 0.15) is 0 Å². The van der Waals surface area contributed by atoms with E-state index in [2.05, 4.69) is 6.79 Å². The molecule has 0 aromatic rings. The molecule has 0 aromatic carbocycles. The number of hydrogen-bond acceptors (Lipinski definition) is 2. The van der Waals surface area contributed by atoms with Gasteiger partial charge in [-0.05, 0) is 31.6 Å². The summed E-state index contributed by atoms with van der Waals surface area (Å²) in [5, 5.41) is 0.402. The van der Waals surface area contributed by atoms with Gasteiger partial charge in [0.15, 0.2) is 0 Å². The first-order valence-corrected chi connectivity index (χ1v) is 6.16. The Balaban J connectivity index is 0.000000531. The summed E-state index contributed by atoms with van der Waals surface area (Å²) in [6.45, 7) is 4.29. The summed E-state index contributed by atoms with van der Waals surface area (Å²) in [5.74, 6) is 1.05. The van der Waals surface area contributed by atoms with Crippen LogP contribution in [0.5, 0.6) is 0 Å². The SMILES string of the molecule is [CH-]=O.[Pt].[SiH3]C1(CC2CC2)CCCCO1. The first-order chi connectivity index (χ1) is 6.29. The fraction of sp³-hybridized carbons (Fsp3) is 0.900. The second-order valence-electron chi connectivity index (χ2n) is 4.40. The molecule has 0 amide bonds. The van der Waals surface area contributed by atoms with Crippen LogP contribution >= 0.6 is 0 Å². The molecule has 0 bridgehead atoms. The molecule has 86 valence electrons. The average molecular weight is 394 g/mol. The van der Waals surface area contributed by atoms with Gasteiger partial charge in [-0.2, -0.15) is 0 Å². The summed E-state index contributed by atoms with van der Waals surface area (Å²) in [5.41, 5.74) is 0. The number of rotatable bonds is 2. The molecule has 2 aliphatic rings. The van der Waals surface area contributed by atoms with E-state index in [0.717, 1.165) is 12.5 Å². The van der Waals surface area contributed by atoms with Gasteiger partial charge in [-0.1, -0.05) is 12.8 Å². The summed E-state index contributed by atoms with van der Waals surface area (Å²) in [7, 11) is 1.25. The van der Waals surface area contributed by atoms with Crippen LogP contribution in [0.4, 0.5) is 0 Å². The monoisotopic (exact) mass is 394 g/mol. The minimum Gasteiger partial charge on any atom is -0.545 e. The molecule has 0 radical (unpaired) electrons. The van der Waals surface area contributed by atoms with E-state index < -0.39 is 0 Å². The average Bonchev–Trinajstić information content (AvgIpc) is 2.92. The van der Waals surface area contributed by atoms with Gasteiger partial charge in [0.05, 0.1) is 0 Å². The molecule has 1 atom stereocenters. The predicted molar refractivity (Wildman–Crippen MR) is 56.6 cm³/mol. The molecule has 2 fully saturated rings. The third kappa shape index (κ3) is 4.85. The van der Waals surface area contributed by atoms with Crippen LogP contribution in [0.25, 0.3) is 0 Å². The molecule has 1 aliphatic heterocycles. The molecule has 1 saturated heterocycles. The largest absolute Gasteiger partial charge is 0.545 e. The van der Waals surface area contributed by atoms with E-state index in [0.29, 0.717) is 5.22 Å². The van der Waals surface area contributed by atoms with E-state index in [1.807, 2.05) is 0 Å². The maximum absolute atomic E-state index is 7.75. The van der Waals surface area contributed by atoms with Crippen LogP contribution in [-0.2, 0) is 30.6 Å². The smallest absolute Gasteiger partial charge is 0.0488 e. The molecule has 0 N–H and O–H groups in total. The zero-order chi connectivity index (χ0) is 9.73. The third-order valence-electron chi connectivity index (χ3n) is 2.97. The van der Waals surface area contributed by atoms with Crippen molar-refractivity contribution in [1.82, 2.24) is 0 Å². The number of ether oxygens (including phenoxy) is 1. The van der Waals surface area contributed by atoms with Gasteiger partial charge in [0.25, 0.3) is 0 Å². The standard InChI is InChI=1S/C9H18OSi.CHO.Pt/c11-9(7-8-3-4-8)5-1-2-6-10-9;1-2;/h8H,1-7H2,11H3;1H;/q;-1;. The molecule has 0 spiro atoms. The quantitative estimate of drug-likeness (QED) is 0.393. The van der Waals surface area contributed by atoms with Crippen molar-refractivity contribution in [3.63, 3.8) is 0 Å². The second-order valence-corrected chi connectivity index (χ2v) is 6.23. The summed E-state index contributed by atoms with van der Waals surface area (Å²) < 4.78 is 5.88. The molecule has 14 heavy (non-hydrogen) atoms. The van der Waals surface area contributed by atoms with Crippen LogP contribution in [-0.4, -0.2) is 28.9 Å². The van der Waals surface area contributed by atoms with Crippen molar-refractivity contribution >= 4 is 17.0 Å². The van der Waals surface area contributed by atoms with Crippen LogP contribution in [0.2, 0.25) is 0 Å². The molecule has 1 unspecified atom stereocenters. The molecule has 1 saturated carbocycles. The number of carbonyl (C=O) groups excluding carboxylic acids is 1. The van der Waals surface area contributed by atoms with Gasteiger partial charge < -0.3 is 9.53 Å². The zero-order valence-electron chi connectivity index (χ0n) is 8.74. The van der Waals surface area contributed by atoms with Crippen LogP contribution in [0, 0.1) is 5.92 Å². The van der Waals surface area contributed by atoms with E-state index in [1.165, 1.54) is 48.8 Å². The Kier molecular flexibility index (Phi) is 7.18. The second kappa shape index (κ2) is 6.92. The topological polar surface area (TPSA) is 26.3 Å². The Labute approximate surface area is 104 Å². The van der Waals surface area contributed by atoms with Crippen LogP contribution < -0.4 is 0 Å². The Morgan fingerprint density at radius 2 is 2.00 bits per heavy atom. The predicted octanol–water partition coefficient (Wildman–Crippen LogP) is 0.772. The first kappa shape index (κ1) is 14.5. The maximum Gasteiger partial charge on any atom is 0.0488 e. The fourth-order valence-electron chi connectivity index (χ4n) is 2.09. The molecule has 1 aliphatic carbocycles. The van der Waals surface area contributed by atoms with Gasteiger partial charge >= 0.3 is 0 Å². The molecule has 1 heterocycles. The van der Waals surface area contributed by atoms with Crippen LogP contribution in [0.1, 0.15) is 38.5 Å². The minimum absolute atomic E-state index is 0. The summed E-state index contributed by atoms with van der Waals surface area (Å²) >= 11 is 0. The number of hydrogen-bond donors (Lipinski definition) is 0. The van der Waals surface area contributed by atoms with E-state index in [4.69, 9.17) is 9.53 Å². The molecule has 2 nitrogen and oxygen atoms in total. The Morgan fingerprint density at radius 1 is 1.36 bits per heavy atom. The summed E-state index contributed by atoms with van der Waals surface area (Å²) in [6.07, 6.45) is 8.42. The zero-order valence-corrected chi connectivity index (χ0v) is 13.0. The van der Waals surface area contributed by atoms with Crippen molar-refractivity contribution in [2.45, 2.75) is 43.7 Å². The fourth-order valence-corrected chi connectivity index (χ4v) is 3.22. The van der Waals surface area contributed by atoms with Gasteiger partial charge in [-0.15, -0.1) is 0 Å². The molecular weight excluding hydrogens is 375 g/mol. The molecule has 2 rings (SSSR count). The minimum atomic E-state index is 0. The van der Waals surface area contributed by atoms with Crippen molar-refractivity contribution in [2.24, 2.45) is 5.92 Å². The first-order valence-electron chi connectivity index (χ1n) is 5.16. The summed E-state index contributed by atoms with van der Waals surface area (Å²) in [6, 6.07) is 0. The molecular formula is C10H19O2PtSi-. The molecule has 4 heteroatoms. The van der Waals surface area contributed by atoms with Crippen molar-refractivity contribution < 1.29 is 30.6 Å². The Bertz CT molecular complexity index is 156.